The van der Waals surface area contributed by atoms with Crippen LogP contribution in [-0.4, -0.2) is 18.8 Å². The van der Waals surface area contributed by atoms with Crippen LogP contribution in [0.2, 0.25) is 5.02 Å². The van der Waals surface area contributed by atoms with Crippen LogP contribution in [0.3, 0.4) is 0 Å². The molecule has 0 radical (unpaired) electrons. The normalized spacial score (nSPS) is 20.9. The first kappa shape index (κ1) is 15.7. The first-order valence-corrected chi connectivity index (χ1v) is 7.59. The number of hydrogen-bond acceptors (Lipinski definition) is 3. The van der Waals surface area contributed by atoms with Crippen molar-refractivity contribution in [2.45, 2.75) is 50.7 Å². The van der Waals surface area contributed by atoms with E-state index < -0.39 is 0 Å². The van der Waals surface area contributed by atoms with Gasteiger partial charge in [0.15, 0.2) is 0 Å². The van der Waals surface area contributed by atoms with Gasteiger partial charge in [0.25, 0.3) is 0 Å². The molecule has 0 amide bonds. The fourth-order valence-electron chi connectivity index (χ4n) is 2.64. The van der Waals surface area contributed by atoms with Gasteiger partial charge in [0.05, 0.1) is 6.10 Å². The van der Waals surface area contributed by atoms with Crippen molar-refractivity contribution >= 4 is 11.6 Å². The quantitative estimate of drug-likeness (QED) is 0.626. The first-order chi connectivity index (χ1) is 9.70. The Kier molecular flexibility index (Phi) is 6.23. The first-order valence-electron chi connectivity index (χ1n) is 7.21. The minimum Gasteiger partial charge on any atom is -0.378 e. The van der Waals surface area contributed by atoms with Crippen molar-refractivity contribution in [2.24, 2.45) is 5.84 Å². The summed E-state index contributed by atoms with van der Waals surface area (Å²) in [7, 11) is 0. The van der Waals surface area contributed by atoms with E-state index in [1.165, 1.54) is 12.5 Å². The van der Waals surface area contributed by atoms with Gasteiger partial charge in [0.2, 0.25) is 0 Å². The predicted molar refractivity (Wildman–Crippen MR) is 79.1 cm³/mol. The van der Waals surface area contributed by atoms with Crippen LogP contribution in [0, 0.1) is 5.82 Å². The van der Waals surface area contributed by atoms with Crippen molar-refractivity contribution in [2.75, 3.05) is 6.61 Å². The highest BCUT2D eigenvalue weighted by Crippen LogP contribution is 2.23. The van der Waals surface area contributed by atoms with Crippen LogP contribution < -0.4 is 11.3 Å². The largest absolute Gasteiger partial charge is 0.378 e. The van der Waals surface area contributed by atoms with E-state index in [2.05, 4.69) is 5.43 Å². The highest BCUT2D eigenvalue weighted by atomic mass is 35.5. The van der Waals surface area contributed by atoms with E-state index in [-0.39, 0.29) is 11.9 Å². The zero-order valence-corrected chi connectivity index (χ0v) is 12.3. The summed E-state index contributed by atoms with van der Waals surface area (Å²) in [5.74, 6) is 5.31. The van der Waals surface area contributed by atoms with Crippen molar-refractivity contribution in [3.63, 3.8) is 0 Å². The Balaban J connectivity index is 1.88. The minimum absolute atomic E-state index is 0.00919. The average molecular weight is 301 g/mol. The predicted octanol–water partition coefficient (Wildman–Crippen LogP) is 3.20. The molecular formula is C15H22ClFN2O. The molecule has 1 heterocycles. The lowest BCUT2D eigenvalue weighted by Gasteiger charge is -2.25. The van der Waals surface area contributed by atoms with Crippen LogP contribution in [0.1, 0.15) is 37.7 Å². The smallest absolute Gasteiger partial charge is 0.127 e. The Hall–Kier alpha value is -0.680. The second-order valence-corrected chi connectivity index (χ2v) is 5.74. The molecule has 0 aromatic heterocycles. The lowest BCUT2D eigenvalue weighted by molar-refractivity contribution is 0.00857. The van der Waals surface area contributed by atoms with Crippen LogP contribution in [0.25, 0.3) is 0 Å². The third-order valence-electron chi connectivity index (χ3n) is 3.86. The molecule has 20 heavy (non-hydrogen) atoms. The van der Waals surface area contributed by atoms with Crippen molar-refractivity contribution in [1.82, 2.24) is 5.43 Å². The van der Waals surface area contributed by atoms with Gasteiger partial charge in [0, 0.05) is 23.2 Å². The molecule has 5 heteroatoms. The molecule has 112 valence electrons. The monoisotopic (exact) mass is 300 g/mol. The summed E-state index contributed by atoms with van der Waals surface area (Å²) in [6, 6.07) is 4.76. The maximum Gasteiger partial charge on any atom is 0.127 e. The Labute approximate surface area is 124 Å². The van der Waals surface area contributed by atoms with Gasteiger partial charge in [-0.05, 0) is 50.7 Å². The zero-order chi connectivity index (χ0) is 14.4. The van der Waals surface area contributed by atoms with Crippen molar-refractivity contribution in [1.29, 1.82) is 0 Å². The van der Waals surface area contributed by atoms with Gasteiger partial charge >= 0.3 is 0 Å². The Morgan fingerprint density at radius 2 is 2.30 bits per heavy atom. The van der Waals surface area contributed by atoms with E-state index in [4.69, 9.17) is 22.2 Å². The van der Waals surface area contributed by atoms with Crippen LogP contribution in [0.15, 0.2) is 18.2 Å². The summed E-state index contributed by atoms with van der Waals surface area (Å²) >= 11 is 6.05. The number of rotatable bonds is 6. The van der Waals surface area contributed by atoms with E-state index in [9.17, 15) is 4.39 Å². The summed E-state index contributed by atoms with van der Waals surface area (Å²) < 4.78 is 19.5. The second kappa shape index (κ2) is 7.93. The van der Waals surface area contributed by atoms with Gasteiger partial charge in [-0.15, -0.1) is 0 Å². The maximum absolute atomic E-state index is 13.8. The Morgan fingerprint density at radius 1 is 1.45 bits per heavy atom. The van der Waals surface area contributed by atoms with Crippen LogP contribution in [0.4, 0.5) is 4.39 Å². The third-order valence-corrected chi connectivity index (χ3v) is 4.21. The van der Waals surface area contributed by atoms with E-state index >= 15 is 0 Å². The molecule has 1 saturated heterocycles. The summed E-state index contributed by atoms with van der Waals surface area (Å²) in [5.41, 5.74) is 3.29. The molecule has 0 bridgehead atoms. The van der Waals surface area contributed by atoms with Gasteiger partial charge in [0.1, 0.15) is 5.82 Å². The Morgan fingerprint density at radius 3 is 2.95 bits per heavy atom. The van der Waals surface area contributed by atoms with Crippen molar-refractivity contribution < 1.29 is 9.13 Å². The molecule has 2 atom stereocenters. The number of benzene rings is 1. The van der Waals surface area contributed by atoms with Gasteiger partial charge < -0.3 is 4.74 Å². The Bertz CT molecular complexity index is 404. The lowest BCUT2D eigenvalue weighted by Crippen LogP contribution is -2.38. The lowest BCUT2D eigenvalue weighted by atomic mass is 9.97. The van der Waals surface area contributed by atoms with Crippen LogP contribution in [0.5, 0.6) is 0 Å². The molecule has 1 fully saturated rings. The van der Waals surface area contributed by atoms with Gasteiger partial charge in [-0.2, -0.15) is 0 Å². The highest BCUT2D eigenvalue weighted by molar-refractivity contribution is 6.31. The fourth-order valence-corrected chi connectivity index (χ4v) is 2.88. The minimum atomic E-state index is -0.272. The molecule has 2 rings (SSSR count). The molecule has 3 nitrogen and oxygen atoms in total. The van der Waals surface area contributed by atoms with E-state index in [1.807, 2.05) is 0 Å². The molecule has 1 aliphatic rings. The van der Waals surface area contributed by atoms with E-state index in [0.29, 0.717) is 23.1 Å². The maximum atomic E-state index is 13.8. The molecule has 1 aliphatic heterocycles. The third kappa shape index (κ3) is 4.42. The summed E-state index contributed by atoms with van der Waals surface area (Å²) in [4.78, 5) is 0. The molecule has 1 aromatic rings. The summed E-state index contributed by atoms with van der Waals surface area (Å²) in [6.07, 6.45) is 6.10. The van der Waals surface area contributed by atoms with E-state index in [0.717, 1.165) is 32.3 Å². The van der Waals surface area contributed by atoms with Crippen LogP contribution >= 0.6 is 11.6 Å². The number of ether oxygens (including phenoxy) is 1. The molecule has 3 N–H and O–H groups in total. The number of nitrogens with two attached hydrogens (primary N) is 1. The number of nitrogens with one attached hydrogen (secondary N) is 1. The van der Waals surface area contributed by atoms with Crippen molar-refractivity contribution in [3.8, 4) is 0 Å². The van der Waals surface area contributed by atoms with Crippen LogP contribution in [-0.2, 0) is 11.2 Å². The summed E-state index contributed by atoms with van der Waals surface area (Å²) in [5, 5.41) is 0.458. The fraction of sp³-hybridized carbons (Fsp3) is 0.600. The van der Waals surface area contributed by atoms with Gasteiger partial charge in [-0.1, -0.05) is 17.7 Å². The molecule has 0 spiro atoms. The van der Waals surface area contributed by atoms with E-state index in [1.54, 1.807) is 12.1 Å². The molecule has 0 aliphatic carbocycles. The molecule has 2 unspecified atom stereocenters. The highest BCUT2D eigenvalue weighted by Gasteiger charge is 2.18. The standard InChI is InChI=1S/C15H22ClFN2O/c16-14-5-3-6-15(17)13(14)10-11(19-18)7-8-12-4-1-2-9-20-12/h3,5-6,11-12,19H,1-2,4,7-10,18H2. The zero-order valence-electron chi connectivity index (χ0n) is 11.6. The van der Waals surface area contributed by atoms with Gasteiger partial charge in [-0.25, -0.2) is 4.39 Å². The number of halogens is 2. The summed E-state index contributed by atoms with van der Waals surface area (Å²) in [6.45, 7) is 0.852. The molecule has 0 saturated carbocycles. The molecular weight excluding hydrogens is 279 g/mol. The van der Waals surface area contributed by atoms with Crippen molar-refractivity contribution in [3.05, 3.63) is 34.6 Å². The average Bonchev–Trinajstić information content (AvgIpc) is 2.47. The molecule has 1 aromatic carbocycles. The second-order valence-electron chi connectivity index (χ2n) is 5.33. The topological polar surface area (TPSA) is 47.3 Å². The SMILES string of the molecule is NNC(CCC1CCCCO1)Cc1c(F)cccc1Cl. The van der Waals surface area contributed by atoms with Gasteiger partial charge in [-0.3, -0.25) is 11.3 Å². The number of hydrogen-bond donors (Lipinski definition) is 2. The number of hydrazine groups is 1.